The Balaban J connectivity index is 2.80. The first-order valence-corrected chi connectivity index (χ1v) is 7.20. The second-order valence-corrected chi connectivity index (χ2v) is 5.02. The van der Waals surface area contributed by atoms with E-state index >= 15 is 0 Å². The molecular weight excluding hydrogens is 232 g/mol. The molecule has 1 aromatic rings. The number of hydrogen-bond acceptors (Lipinski definition) is 2. The van der Waals surface area contributed by atoms with Gasteiger partial charge in [0.2, 0.25) is 0 Å². The molecular formula is C17H22N2. The molecule has 0 aliphatic rings. The molecule has 0 aliphatic carbocycles. The van der Waals surface area contributed by atoms with Gasteiger partial charge in [-0.3, -0.25) is 0 Å². The lowest BCUT2D eigenvalue weighted by molar-refractivity contribution is 0.542. The van der Waals surface area contributed by atoms with Crippen molar-refractivity contribution >= 4 is 0 Å². The Hall–Kier alpha value is -1.80. The van der Waals surface area contributed by atoms with Gasteiger partial charge in [0, 0.05) is 0 Å². The standard InChI is InChI=1S/C17H22N2/c1-3-5-6-7-8-16(4-2)17-10-14(12-18)9-15(11-17)13-19/h9-11,16H,3-8H2,1-2H3. The van der Waals surface area contributed by atoms with E-state index < -0.39 is 0 Å². The van der Waals surface area contributed by atoms with Gasteiger partial charge in [0.15, 0.2) is 0 Å². The Morgan fingerprint density at radius 2 is 1.58 bits per heavy atom. The Labute approximate surface area is 116 Å². The summed E-state index contributed by atoms with van der Waals surface area (Å²) in [6.45, 7) is 4.39. The van der Waals surface area contributed by atoms with Crippen molar-refractivity contribution in [2.75, 3.05) is 0 Å². The van der Waals surface area contributed by atoms with Crippen LogP contribution in [0, 0.1) is 22.7 Å². The summed E-state index contributed by atoms with van der Waals surface area (Å²) in [4.78, 5) is 0. The molecule has 0 saturated heterocycles. The monoisotopic (exact) mass is 254 g/mol. The predicted molar refractivity (Wildman–Crippen MR) is 77.7 cm³/mol. The zero-order valence-electron chi connectivity index (χ0n) is 11.9. The lowest BCUT2D eigenvalue weighted by Crippen LogP contribution is -1.99. The van der Waals surface area contributed by atoms with E-state index in [2.05, 4.69) is 26.0 Å². The highest BCUT2D eigenvalue weighted by molar-refractivity contribution is 5.43. The number of hydrogen-bond donors (Lipinski definition) is 0. The number of nitrogens with zero attached hydrogens (tertiary/aromatic N) is 2. The molecule has 19 heavy (non-hydrogen) atoms. The number of rotatable bonds is 7. The van der Waals surface area contributed by atoms with Crippen molar-refractivity contribution < 1.29 is 0 Å². The average Bonchev–Trinajstić information content (AvgIpc) is 2.46. The van der Waals surface area contributed by atoms with Crippen molar-refractivity contribution in [3.63, 3.8) is 0 Å². The first-order chi connectivity index (χ1) is 9.24. The fraction of sp³-hybridized carbons (Fsp3) is 0.529. The van der Waals surface area contributed by atoms with Gasteiger partial charge in [0.05, 0.1) is 23.3 Å². The van der Waals surface area contributed by atoms with E-state index in [1.54, 1.807) is 6.07 Å². The topological polar surface area (TPSA) is 47.6 Å². The highest BCUT2D eigenvalue weighted by Gasteiger charge is 2.11. The zero-order valence-corrected chi connectivity index (χ0v) is 11.9. The highest BCUT2D eigenvalue weighted by atomic mass is 14.3. The van der Waals surface area contributed by atoms with Crippen LogP contribution in [0.25, 0.3) is 0 Å². The summed E-state index contributed by atoms with van der Waals surface area (Å²) in [5.74, 6) is 0.470. The smallest absolute Gasteiger partial charge is 0.0992 e. The largest absolute Gasteiger partial charge is 0.192 e. The number of nitriles is 2. The first kappa shape index (κ1) is 15.3. The molecule has 2 nitrogen and oxygen atoms in total. The fourth-order valence-corrected chi connectivity index (χ4v) is 2.44. The molecule has 0 fully saturated rings. The summed E-state index contributed by atoms with van der Waals surface area (Å²) in [7, 11) is 0. The fourth-order valence-electron chi connectivity index (χ4n) is 2.44. The maximum Gasteiger partial charge on any atom is 0.0992 e. The number of benzene rings is 1. The van der Waals surface area contributed by atoms with Crippen LogP contribution < -0.4 is 0 Å². The van der Waals surface area contributed by atoms with Gasteiger partial charge >= 0.3 is 0 Å². The van der Waals surface area contributed by atoms with Crippen LogP contribution in [-0.4, -0.2) is 0 Å². The SMILES string of the molecule is CCCCCCC(CC)c1cc(C#N)cc(C#N)c1. The van der Waals surface area contributed by atoms with Gasteiger partial charge in [0.1, 0.15) is 0 Å². The second-order valence-electron chi connectivity index (χ2n) is 5.02. The van der Waals surface area contributed by atoms with Crippen LogP contribution in [0.2, 0.25) is 0 Å². The average molecular weight is 254 g/mol. The van der Waals surface area contributed by atoms with Gasteiger partial charge in [-0.05, 0) is 42.5 Å². The summed E-state index contributed by atoms with van der Waals surface area (Å²) in [5.41, 5.74) is 2.34. The summed E-state index contributed by atoms with van der Waals surface area (Å²) in [6.07, 6.45) is 7.25. The third kappa shape index (κ3) is 4.76. The molecule has 1 unspecified atom stereocenters. The summed E-state index contributed by atoms with van der Waals surface area (Å²) >= 11 is 0. The molecule has 1 rings (SSSR count). The van der Waals surface area contributed by atoms with Gasteiger partial charge in [-0.25, -0.2) is 0 Å². The lowest BCUT2D eigenvalue weighted by Gasteiger charge is -2.16. The van der Waals surface area contributed by atoms with Crippen LogP contribution in [0.15, 0.2) is 18.2 Å². The van der Waals surface area contributed by atoms with Crippen molar-refractivity contribution in [2.45, 2.75) is 58.3 Å². The third-order valence-corrected chi connectivity index (χ3v) is 3.58. The van der Waals surface area contributed by atoms with Crippen molar-refractivity contribution in [3.8, 4) is 12.1 Å². The Bertz CT molecular complexity index is 445. The maximum atomic E-state index is 9.02. The first-order valence-electron chi connectivity index (χ1n) is 7.20. The second kappa shape index (κ2) is 8.33. The molecule has 0 aliphatic heterocycles. The van der Waals surface area contributed by atoms with E-state index in [-0.39, 0.29) is 0 Å². The molecule has 100 valence electrons. The Morgan fingerprint density at radius 3 is 2.05 bits per heavy atom. The number of unbranched alkanes of at least 4 members (excludes halogenated alkanes) is 3. The summed E-state index contributed by atoms with van der Waals surface area (Å²) in [5, 5.41) is 18.0. The van der Waals surface area contributed by atoms with Crippen LogP contribution >= 0.6 is 0 Å². The van der Waals surface area contributed by atoms with Gasteiger partial charge in [-0.2, -0.15) is 10.5 Å². The van der Waals surface area contributed by atoms with Crippen molar-refractivity contribution in [2.24, 2.45) is 0 Å². The summed E-state index contributed by atoms with van der Waals surface area (Å²) in [6, 6.07) is 9.83. The molecule has 0 radical (unpaired) electrons. The van der Waals surface area contributed by atoms with Crippen molar-refractivity contribution in [3.05, 3.63) is 34.9 Å². The quantitative estimate of drug-likeness (QED) is 0.650. The predicted octanol–water partition coefficient (Wildman–Crippen LogP) is 4.89. The van der Waals surface area contributed by atoms with Crippen LogP contribution in [0.4, 0.5) is 0 Å². The molecule has 0 N–H and O–H groups in total. The molecule has 0 amide bonds. The third-order valence-electron chi connectivity index (χ3n) is 3.58. The van der Waals surface area contributed by atoms with E-state index in [9.17, 15) is 0 Å². The molecule has 1 atom stereocenters. The molecule has 0 aromatic heterocycles. The van der Waals surface area contributed by atoms with E-state index in [0.29, 0.717) is 17.0 Å². The van der Waals surface area contributed by atoms with Crippen molar-refractivity contribution in [1.82, 2.24) is 0 Å². The minimum Gasteiger partial charge on any atom is -0.192 e. The van der Waals surface area contributed by atoms with E-state index in [0.717, 1.165) is 18.4 Å². The molecule has 0 spiro atoms. The highest BCUT2D eigenvalue weighted by Crippen LogP contribution is 2.27. The summed E-state index contributed by atoms with van der Waals surface area (Å²) < 4.78 is 0. The van der Waals surface area contributed by atoms with Gasteiger partial charge in [-0.15, -0.1) is 0 Å². The van der Waals surface area contributed by atoms with Crippen LogP contribution in [0.3, 0.4) is 0 Å². The Morgan fingerprint density at radius 1 is 0.947 bits per heavy atom. The molecule has 2 heteroatoms. The van der Waals surface area contributed by atoms with Crippen LogP contribution in [0.1, 0.15) is 75.0 Å². The molecule has 0 saturated carbocycles. The van der Waals surface area contributed by atoms with Crippen LogP contribution in [0.5, 0.6) is 0 Å². The minimum atomic E-state index is 0.470. The van der Waals surface area contributed by atoms with E-state index in [1.165, 1.54) is 25.7 Å². The molecule has 0 bridgehead atoms. The van der Waals surface area contributed by atoms with Gasteiger partial charge < -0.3 is 0 Å². The van der Waals surface area contributed by atoms with Crippen molar-refractivity contribution in [1.29, 1.82) is 10.5 Å². The maximum absolute atomic E-state index is 9.02. The molecule has 1 aromatic carbocycles. The van der Waals surface area contributed by atoms with Gasteiger partial charge in [0.25, 0.3) is 0 Å². The normalized spacial score (nSPS) is 11.6. The zero-order chi connectivity index (χ0) is 14.1. The molecule has 0 heterocycles. The van der Waals surface area contributed by atoms with Crippen LogP contribution in [-0.2, 0) is 0 Å². The van der Waals surface area contributed by atoms with Gasteiger partial charge in [-0.1, -0.05) is 39.5 Å². The van der Waals surface area contributed by atoms with E-state index in [4.69, 9.17) is 10.5 Å². The lowest BCUT2D eigenvalue weighted by atomic mass is 9.89. The Kier molecular flexibility index (Phi) is 6.69. The minimum absolute atomic E-state index is 0.470. The van der Waals surface area contributed by atoms with E-state index in [1.807, 2.05) is 12.1 Å².